The Bertz CT molecular complexity index is 742. The first-order valence-corrected chi connectivity index (χ1v) is 8.58. The van der Waals surface area contributed by atoms with Crippen LogP contribution in [0.1, 0.15) is 45.4 Å². The normalized spacial score (nSPS) is 16.0. The van der Waals surface area contributed by atoms with Crippen molar-refractivity contribution >= 4 is 11.8 Å². The summed E-state index contributed by atoms with van der Waals surface area (Å²) < 4.78 is 5.43. The summed E-state index contributed by atoms with van der Waals surface area (Å²) in [5.74, 6) is 1.78. The molecular weight excluding hydrogens is 318 g/mol. The van der Waals surface area contributed by atoms with E-state index in [0.717, 1.165) is 24.2 Å². The zero-order valence-electron chi connectivity index (χ0n) is 15.0. The lowest BCUT2D eigenvalue weighted by atomic mass is 9.96. The number of nitrogens with one attached hydrogen (secondary N) is 1. The molecule has 0 saturated carbocycles. The van der Waals surface area contributed by atoms with Crippen LogP contribution >= 0.6 is 0 Å². The van der Waals surface area contributed by atoms with Gasteiger partial charge in [0.2, 0.25) is 0 Å². The molecule has 0 bridgehead atoms. The van der Waals surface area contributed by atoms with Crippen LogP contribution in [-0.4, -0.2) is 44.9 Å². The fraction of sp³-hybridized carbons (Fsp3) is 0.500. The third-order valence-corrected chi connectivity index (χ3v) is 4.18. The highest BCUT2D eigenvalue weighted by Gasteiger charge is 2.28. The molecule has 1 aromatic carbocycles. The molecule has 0 unspecified atom stereocenters. The third-order valence-electron chi connectivity index (χ3n) is 4.18. The minimum Gasteiger partial charge on any atom is -0.444 e. The number of benzene rings is 1. The van der Waals surface area contributed by atoms with Crippen LogP contribution in [0.4, 0.5) is 10.5 Å². The number of ether oxygens (including phenoxy) is 1. The number of anilines is 1. The van der Waals surface area contributed by atoms with E-state index in [1.54, 1.807) is 4.90 Å². The number of piperidine rings is 1. The van der Waals surface area contributed by atoms with Gasteiger partial charge in [-0.05, 0) is 45.7 Å². The number of nitrogens with two attached hydrogens (primary N) is 1. The minimum atomic E-state index is -0.467. The molecule has 2 aromatic rings. The molecule has 0 spiro atoms. The zero-order valence-corrected chi connectivity index (χ0v) is 15.0. The lowest BCUT2D eigenvalue weighted by Crippen LogP contribution is -2.41. The van der Waals surface area contributed by atoms with Crippen molar-refractivity contribution < 1.29 is 9.53 Å². The van der Waals surface area contributed by atoms with E-state index in [0.29, 0.717) is 24.6 Å². The van der Waals surface area contributed by atoms with Crippen LogP contribution in [0.3, 0.4) is 0 Å². The van der Waals surface area contributed by atoms with Crippen molar-refractivity contribution in [3.63, 3.8) is 0 Å². The van der Waals surface area contributed by atoms with Gasteiger partial charge in [-0.2, -0.15) is 5.10 Å². The number of nitrogens with zero attached hydrogens (tertiary/aromatic N) is 3. The highest BCUT2D eigenvalue weighted by molar-refractivity contribution is 5.68. The standard InChI is InChI=1S/C18H25N5O2/c1-18(2,3)25-17(24)23-9-7-12(8-10-23)15-20-16(22-21-15)13-5-4-6-14(19)11-13/h4-6,11-12H,7-10,19H2,1-3H3,(H,20,21,22). The first-order chi connectivity index (χ1) is 11.8. The molecule has 134 valence electrons. The Morgan fingerprint density at radius 3 is 2.68 bits per heavy atom. The summed E-state index contributed by atoms with van der Waals surface area (Å²) in [5.41, 5.74) is 6.94. The highest BCUT2D eigenvalue weighted by atomic mass is 16.6. The van der Waals surface area contributed by atoms with Crippen LogP contribution in [0, 0.1) is 0 Å². The number of aromatic amines is 1. The predicted molar refractivity (Wildman–Crippen MR) is 96.0 cm³/mol. The molecule has 7 nitrogen and oxygen atoms in total. The van der Waals surface area contributed by atoms with Crippen molar-refractivity contribution in [2.45, 2.75) is 45.1 Å². The minimum absolute atomic E-state index is 0.246. The van der Waals surface area contributed by atoms with E-state index in [9.17, 15) is 4.79 Å². The van der Waals surface area contributed by atoms with Crippen LogP contribution in [0.5, 0.6) is 0 Å². The summed E-state index contributed by atoms with van der Waals surface area (Å²) in [6, 6.07) is 7.52. The Balaban J connectivity index is 1.61. The van der Waals surface area contributed by atoms with E-state index in [4.69, 9.17) is 10.5 Å². The first-order valence-electron chi connectivity index (χ1n) is 8.58. The summed E-state index contributed by atoms with van der Waals surface area (Å²) in [4.78, 5) is 18.5. The number of likely N-dealkylation sites (tertiary alicyclic amines) is 1. The number of nitrogen functional groups attached to an aromatic ring is 1. The summed E-state index contributed by atoms with van der Waals surface area (Å²) >= 11 is 0. The van der Waals surface area contributed by atoms with Crippen LogP contribution in [-0.2, 0) is 4.74 Å². The average Bonchev–Trinajstić information content (AvgIpc) is 3.03. The highest BCUT2D eigenvalue weighted by Crippen LogP contribution is 2.28. The third kappa shape index (κ3) is 4.29. The second kappa shape index (κ2) is 6.74. The van der Waals surface area contributed by atoms with Gasteiger partial charge in [0.1, 0.15) is 11.4 Å². The molecule has 7 heteroatoms. The number of hydrogen-bond donors (Lipinski definition) is 2. The topological polar surface area (TPSA) is 97.1 Å². The van der Waals surface area contributed by atoms with E-state index in [-0.39, 0.29) is 12.0 Å². The van der Waals surface area contributed by atoms with E-state index in [1.807, 2.05) is 45.0 Å². The molecule has 25 heavy (non-hydrogen) atoms. The second-order valence-electron chi connectivity index (χ2n) is 7.41. The molecule has 2 heterocycles. The second-order valence-corrected chi connectivity index (χ2v) is 7.41. The van der Waals surface area contributed by atoms with Crippen LogP contribution < -0.4 is 5.73 Å². The molecule has 1 amide bonds. The quantitative estimate of drug-likeness (QED) is 0.816. The fourth-order valence-corrected chi connectivity index (χ4v) is 2.93. The van der Waals surface area contributed by atoms with Crippen molar-refractivity contribution in [2.75, 3.05) is 18.8 Å². The van der Waals surface area contributed by atoms with Gasteiger partial charge in [-0.1, -0.05) is 12.1 Å². The summed E-state index contributed by atoms with van der Waals surface area (Å²) in [5, 5.41) is 7.35. The monoisotopic (exact) mass is 343 g/mol. The lowest BCUT2D eigenvalue weighted by Gasteiger charge is -2.32. The van der Waals surface area contributed by atoms with Crippen LogP contribution in [0.2, 0.25) is 0 Å². The van der Waals surface area contributed by atoms with Gasteiger partial charge in [0.25, 0.3) is 0 Å². The molecule has 1 aromatic heterocycles. The number of amides is 1. The van der Waals surface area contributed by atoms with Gasteiger partial charge in [-0.3, -0.25) is 5.10 Å². The number of carbonyl (C=O) groups is 1. The molecule has 0 radical (unpaired) electrons. The zero-order chi connectivity index (χ0) is 18.0. The Hall–Kier alpha value is -2.57. The molecule has 3 rings (SSSR count). The smallest absolute Gasteiger partial charge is 0.410 e. The van der Waals surface area contributed by atoms with E-state index in [2.05, 4.69) is 15.2 Å². The lowest BCUT2D eigenvalue weighted by molar-refractivity contribution is 0.0203. The molecule has 1 fully saturated rings. The van der Waals surface area contributed by atoms with Crippen LogP contribution in [0.15, 0.2) is 24.3 Å². The van der Waals surface area contributed by atoms with Gasteiger partial charge < -0.3 is 15.4 Å². The molecular formula is C18H25N5O2. The maximum Gasteiger partial charge on any atom is 0.410 e. The van der Waals surface area contributed by atoms with E-state index >= 15 is 0 Å². The molecule has 0 aliphatic carbocycles. The van der Waals surface area contributed by atoms with Crippen LogP contribution in [0.25, 0.3) is 11.4 Å². The van der Waals surface area contributed by atoms with Crippen molar-refractivity contribution in [1.82, 2.24) is 20.1 Å². The predicted octanol–water partition coefficient (Wildman–Crippen LogP) is 3.17. The van der Waals surface area contributed by atoms with Crippen molar-refractivity contribution in [3.05, 3.63) is 30.1 Å². The molecule has 0 atom stereocenters. The Morgan fingerprint density at radius 2 is 2.04 bits per heavy atom. The van der Waals surface area contributed by atoms with E-state index < -0.39 is 5.60 Å². The first kappa shape index (κ1) is 17.3. The fourth-order valence-electron chi connectivity index (χ4n) is 2.93. The number of aromatic nitrogens is 3. The SMILES string of the molecule is CC(C)(C)OC(=O)N1CCC(c2nc(-c3cccc(N)c3)n[nH]2)CC1. The number of rotatable bonds is 2. The van der Waals surface area contributed by atoms with E-state index in [1.165, 1.54) is 0 Å². The van der Waals surface area contributed by atoms with Crippen molar-refractivity contribution in [3.8, 4) is 11.4 Å². The van der Waals surface area contributed by atoms with Gasteiger partial charge in [-0.15, -0.1) is 0 Å². The Morgan fingerprint density at radius 1 is 1.32 bits per heavy atom. The van der Waals surface area contributed by atoms with Crippen molar-refractivity contribution in [1.29, 1.82) is 0 Å². The van der Waals surface area contributed by atoms with Gasteiger partial charge >= 0.3 is 6.09 Å². The van der Waals surface area contributed by atoms with Gasteiger partial charge in [-0.25, -0.2) is 9.78 Å². The van der Waals surface area contributed by atoms with Gasteiger partial charge in [0.15, 0.2) is 5.82 Å². The molecule has 1 aliphatic rings. The Labute approximate surface area is 147 Å². The summed E-state index contributed by atoms with van der Waals surface area (Å²) in [6.07, 6.45) is 1.43. The Kier molecular flexibility index (Phi) is 4.65. The largest absolute Gasteiger partial charge is 0.444 e. The van der Waals surface area contributed by atoms with Crippen molar-refractivity contribution in [2.24, 2.45) is 0 Å². The maximum atomic E-state index is 12.1. The molecule has 1 aliphatic heterocycles. The number of hydrogen-bond acceptors (Lipinski definition) is 5. The molecule has 3 N–H and O–H groups in total. The summed E-state index contributed by atoms with van der Waals surface area (Å²) in [6.45, 7) is 6.96. The molecule has 1 saturated heterocycles. The van der Waals surface area contributed by atoms with Gasteiger partial charge in [0, 0.05) is 30.3 Å². The maximum absolute atomic E-state index is 12.1. The average molecular weight is 343 g/mol. The number of H-pyrrole nitrogens is 1. The van der Waals surface area contributed by atoms with Gasteiger partial charge in [0.05, 0.1) is 0 Å². The summed E-state index contributed by atoms with van der Waals surface area (Å²) in [7, 11) is 0. The number of carbonyl (C=O) groups excluding carboxylic acids is 1.